The fourth-order valence-electron chi connectivity index (χ4n) is 2.96. The van der Waals surface area contributed by atoms with E-state index in [2.05, 4.69) is 15.1 Å². The van der Waals surface area contributed by atoms with Crippen LogP contribution in [0.4, 0.5) is 0 Å². The zero-order valence-corrected chi connectivity index (χ0v) is 15.8. The first-order valence-corrected chi connectivity index (χ1v) is 9.28. The van der Waals surface area contributed by atoms with E-state index in [1.807, 2.05) is 32.0 Å². The molecule has 8 heteroatoms. The number of aromatic amines is 1. The molecule has 0 amide bonds. The zero-order chi connectivity index (χ0) is 19.1. The van der Waals surface area contributed by atoms with Gasteiger partial charge >= 0.3 is 5.97 Å². The number of rotatable bonds is 4. The Morgan fingerprint density at radius 3 is 2.93 bits per heavy atom. The Morgan fingerprint density at radius 1 is 1.33 bits per heavy atom. The lowest BCUT2D eigenvalue weighted by Crippen LogP contribution is -2.18. The third kappa shape index (κ3) is 3.12. The third-order valence-electron chi connectivity index (χ3n) is 4.51. The summed E-state index contributed by atoms with van der Waals surface area (Å²) in [6, 6.07) is 7.32. The van der Waals surface area contributed by atoms with E-state index in [9.17, 15) is 9.59 Å². The number of nitrogens with zero attached hydrogens (tertiary/aromatic N) is 2. The number of nitrogens with one attached hydrogen (secondary N) is 1. The average molecular weight is 383 g/mol. The lowest BCUT2D eigenvalue weighted by molar-refractivity contribution is -0.148. The van der Waals surface area contributed by atoms with Gasteiger partial charge in [-0.3, -0.25) is 9.59 Å². The SMILES string of the molecule is Cc1sc2nc([C@H](C)OC(=O)Cc3noc4ccccc34)[nH]c(=O)c2c1C. The Hall–Kier alpha value is -3.00. The number of aryl methyl sites for hydroxylation is 2. The van der Waals surface area contributed by atoms with Crippen molar-refractivity contribution in [1.82, 2.24) is 15.1 Å². The number of aromatic nitrogens is 3. The van der Waals surface area contributed by atoms with Gasteiger partial charge in [-0.15, -0.1) is 11.3 Å². The van der Waals surface area contributed by atoms with Gasteiger partial charge in [0.05, 0.1) is 11.8 Å². The van der Waals surface area contributed by atoms with E-state index in [0.717, 1.165) is 15.8 Å². The van der Waals surface area contributed by atoms with E-state index in [1.54, 1.807) is 13.0 Å². The molecule has 7 nitrogen and oxygen atoms in total. The number of para-hydroxylation sites is 1. The van der Waals surface area contributed by atoms with Crippen LogP contribution in [0.1, 0.15) is 35.0 Å². The van der Waals surface area contributed by atoms with Gasteiger partial charge in [0, 0.05) is 10.3 Å². The zero-order valence-electron chi connectivity index (χ0n) is 15.0. The molecular formula is C19H17N3O4S. The van der Waals surface area contributed by atoms with Gasteiger partial charge in [-0.1, -0.05) is 17.3 Å². The second kappa shape index (κ2) is 6.62. The van der Waals surface area contributed by atoms with Crippen molar-refractivity contribution in [2.24, 2.45) is 0 Å². The molecule has 0 bridgehead atoms. The van der Waals surface area contributed by atoms with Gasteiger partial charge in [0.25, 0.3) is 5.56 Å². The summed E-state index contributed by atoms with van der Waals surface area (Å²) in [5.41, 5.74) is 1.84. The highest BCUT2D eigenvalue weighted by Crippen LogP contribution is 2.27. The fraction of sp³-hybridized carbons (Fsp3) is 0.263. The maximum Gasteiger partial charge on any atom is 0.312 e. The molecule has 0 unspecified atom stereocenters. The normalized spacial score (nSPS) is 12.6. The maximum absolute atomic E-state index is 12.4. The van der Waals surface area contributed by atoms with Crippen molar-refractivity contribution in [2.75, 3.05) is 0 Å². The summed E-state index contributed by atoms with van der Waals surface area (Å²) in [7, 11) is 0. The van der Waals surface area contributed by atoms with Crippen molar-refractivity contribution < 1.29 is 14.1 Å². The van der Waals surface area contributed by atoms with Crippen molar-refractivity contribution in [3.63, 3.8) is 0 Å². The molecule has 0 radical (unpaired) electrons. The Bertz CT molecular complexity index is 1220. The van der Waals surface area contributed by atoms with Crippen LogP contribution >= 0.6 is 11.3 Å². The van der Waals surface area contributed by atoms with Crippen molar-refractivity contribution in [3.8, 4) is 0 Å². The van der Waals surface area contributed by atoms with Gasteiger partial charge in [0.15, 0.2) is 17.5 Å². The van der Waals surface area contributed by atoms with Gasteiger partial charge in [-0.25, -0.2) is 4.98 Å². The van der Waals surface area contributed by atoms with Gasteiger partial charge in [0.2, 0.25) is 0 Å². The number of fused-ring (bicyclic) bond motifs is 2. The quantitative estimate of drug-likeness (QED) is 0.541. The molecule has 0 aliphatic heterocycles. The Morgan fingerprint density at radius 2 is 2.11 bits per heavy atom. The van der Waals surface area contributed by atoms with Crippen molar-refractivity contribution in [2.45, 2.75) is 33.3 Å². The summed E-state index contributed by atoms with van der Waals surface area (Å²) in [5.74, 6) is -0.144. The molecule has 4 rings (SSSR count). The van der Waals surface area contributed by atoms with Gasteiger partial charge in [0.1, 0.15) is 10.5 Å². The van der Waals surface area contributed by atoms with E-state index < -0.39 is 12.1 Å². The minimum Gasteiger partial charge on any atom is -0.454 e. The molecule has 1 atom stereocenters. The molecule has 0 aliphatic carbocycles. The summed E-state index contributed by atoms with van der Waals surface area (Å²) in [5, 5.41) is 5.30. The number of ether oxygens (including phenoxy) is 1. The highest BCUT2D eigenvalue weighted by molar-refractivity contribution is 7.18. The van der Waals surface area contributed by atoms with Crippen molar-refractivity contribution in [1.29, 1.82) is 0 Å². The molecule has 0 spiro atoms. The Kier molecular flexibility index (Phi) is 4.27. The van der Waals surface area contributed by atoms with E-state index in [1.165, 1.54) is 11.3 Å². The van der Waals surface area contributed by atoms with Crippen LogP contribution < -0.4 is 5.56 Å². The maximum atomic E-state index is 12.4. The summed E-state index contributed by atoms with van der Waals surface area (Å²) >= 11 is 1.45. The number of hydrogen-bond donors (Lipinski definition) is 1. The number of H-pyrrole nitrogens is 1. The summed E-state index contributed by atoms with van der Waals surface area (Å²) < 4.78 is 10.7. The number of esters is 1. The van der Waals surface area contributed by atoms with E-state index in [-0.39, 0.29) is 12.0 Å². The number of hydrogen-bond acceptors (Lipinski definition) is 7. The summed E-state index contributed by atoms with van der Waals surface area (Å²) in [4.78, 5) is 33.6. The molecular weight excluding hydrogens is 366 g/mol. The molecule has 0 saturated carbocycles. The van der Waals surface area contributed by atoms with E-state index in [0.29, 0.717) is 27.3 Å². The second-order valence-corrected chi connectivity index (χ2v) is 7.55. The third-order valence-corrected chi connectivity index (χ3v) is 5.62. The monoisotopic (exact) mass is 383 g/mol. The van der Waals surface area contributed by atoms with Crippen LogP contribution in [0.25, 0.3) is 21.2 Å². The second-order valence-electron chi connectivity index (χ2n) is 6.35. The van der Waals surface area contributed by atoms with Crippen molar-refractivity contribution in [3.05, 3.63) is 56.6 Å². The highest BCUT2D eigenvalue weighted by Gasteiger charge is 2.20. The lowest BCUT2D eigenvalue weighted by atomic mass is 10.2. The number of carbonyl (C=O) groups excluding carboxylic acids is 1. The molecule has 3 aromatic heterocycles. The van der Waals surface area contributed by atoms with Crippen LogP contribution in [0.15, 0.2) is 33.6 Å². The first kappa shape index (κ1) is 17.4. The predicted octanol–water partition coefficient (Wildman–Crippen LogP) is 3.59. The Labute approximate surface area is 158 Å². The average Bonchev–Trinajstić information content (AvgIpc) is 3.16. The molecule has 0 fully saturated rings. The lowest BCUT2D eigenvalue weighted by Gasteiger charge is -2.12. The number of thiophene rings is 1. The van der Waals surface area contributed by atoms with E-state index >= 15 is 0 Å². The van der Waals surface area contributed by atoms with Gasteiger partial charge in [-0.05, 0) is 38.5 Å². The van der Waals surface area contributed by atoms with Crippen molar-refractivity contribution >= 4 is 38.5 Å². The van der Waals surface area contributed by atoms with Crippen LogP contribution in [-0.2, 0) is 16.0 Å². The molecule has 3 heterocycles. The van der Waals surface area contributed by atoms with Crippen LogP contribution in [0.2, 0.25) is 0 Å². The predicted molar refractivity (Wildman–Crippen MR) is 102 cm³/mol. The van der Waals surface area contributed by atoms with Crippen LogP contribution in [0.5, 0.6) is 0 Å². The van der Waals surface area contributed by atoms with Gasteiger partial charge < -0.3 is 14.2 Å². The molecule has 0 saturated heterocycles. The topological polar surface area (TPSA) is 98.1 Å². The minimum atomic E-state index is -0.685. The summed E-state index contributed by atoms with van der Waals surface area (Å²) in [6.07, 6.45) is -0.708. The molecule has 138 valence electrons. The largest absolute Gasteiger partial charge is 0.454 e. The highest BCUT2D eigenvalue weighted by atomic mass is 32.1. The molecule has 27 heavy (non-hydrogen) atoms. The molecule has 1 N–H and O–H groups in total. The standard InChI is InChI=1S/C19H17N3O4S/c1-9-11(3)27-19-16(9)18(24)20-17(21-19)10(2)25-15(23)8-13-12-6-4-5-7-14(12)26-22-13/h4-7,10H,8H2,1-3H3,(H,20,21,24)/t10-/m0/s1. The number of carbonyl (C=O) groups is 1. The van der Waals surface area contributed by atoms with Crippen LogP contribution in [0, 0.1) is 13.8 Å². The van der Waals surface area contributed by atoms with Crippen LogP contribution in [0.3, 0.4) is 0 Å². The smallest absolute Gasteiger partial charge is 0.312 e. The Balaban J connectivity index is 1.55. The molecule has 4 aromatic rings. The summed E-state index contributed by atoms with van der Waals surface area (Å²) in [6.45, 7) is 5.53. The fourth-order valence-corrected chi connectivity index (χ4v) is 4.00. The van der Waals surface area contributed by atoms with Crippen LogP contribution in [-0.4, -0.2) is 21.1 Å². The molecule has 0 aliphatic rings. The number of benzene rings is 1. The first-order valence-electron chi connectivity index (χ1n) is 8.46. The van der Waals surface area contributed by atoms with Gasteiger partial charge in [-0.2, -0.15) is 0 Å². The first-order chi connectivity index (χ1) is 12.9. The van der Waals surface area contributed by atoms with E-state index in [4.69, 9.17) is 9.26 Å². The molecule has 1 aromatic carbocycles. The minimum absolute atomic E-state index is 0.0228.